The summed E-state index contributed by atoms with van der Waals surface area (Å²) in [5.74, 6) is -1.07. The lowest BCUT2D eigenvalue weighted by Crippen LogP contribution is -2.43. The van der Waals surface area contributed by atoms with Crippen molar-refractivity contribution in [2.24, 2.45) is 5.92 Å². The van der Waals surface area contributed by atoms with Crippen LogP contribution in [0.3, 0.4) is 0 Å². The van der Waals surface area contributed by atoms with E-state index in [2.05, 4.69) is 5.32 Å². The number of alkyl halides is 3. The Hall–Kier alpha value is -1.56. The molecule has 2 aliphatic carbocycles. The van der Waals surface area contributed by atoms with Gasteiger partial charge in [-0.15, -0.1) is 0 Å². The molecule has 3 nitrogen and oxygen atoms in total. The third-order valence-corrected chi connectivity index (χ3v) is 5.42. The first kappa shape index (κ1) is 18.2. The van der Waals surface area contributed by atoms with Crippen LogP contribution >= 0.6 is 0 Å². The topological polar surface area (TPSA) is 49.3 Å². The van der Waals surface area contributed by atoms with Gasteiger partial charge in [-0.25, -0.2) is 0 Å². The summed E-state index contributed by atoms with van der Waals surface area (Å²) in [7, 11) is 0. The van der Waals surface area contributed by atoms with E-state index < -0.39 is 23.3 Å². The highest BCUT2D eigenvalue weighted by Gasteiger charge is 2.48. The van der Waals surface area contributed by atoms with Gasteiger partial charge >= 0.3 is 6.18 Å². The summed E-state index contributed by atoms with van der Waals surface area (Å²) in [4.78, 5) is 12.3. The number of rotatable bonds is 4. The van der Waals surface area contributed by atoms with E-state index >= 15 is 0 Å². The van der Waals surface area contributed by atoms with Crippen molar-refractivity contribution in [1.29, 1.82) is 0 Å². The second kappa shape index (κ2) is 6.98. The fourth-order valence-electron chi connectivity index (χ4n) is 3.85. The molecular formula is C19H24F3NO2. The molecule has 2 N–H and O–H groups in total. The molecule has 0 spiro atoms. The fraction of sp³-hybridized carbons (Fsp3) is 0.632. The monoisotopic (exact) mass is 355 g/mol. The minimum absolute atomic E-state index is 0.190. The van der Waals surface area contributed by atoms with Crippen LogP contribution in [0.15, 0.2) is 24.3 Å². The summed E-state index contributed by atoms with van der Waals surface area (Å²) < 4.78 is 39.3. The molecule has 2 fully saturated rings. The molecule has 0 heterocycles. The minimum atomic E-state index is -4.41. The molecule has 0 radical (unpaired) electrons. The smallest absolute Gasteiger partial charge is 0.388 e. The van der Waals surface area contributed by atoms with E-state index in [1.165, 1.54) is 12.1 Å². The molecule has 0 aliphatic heterocycles. The van der Waals surface area contributed by atoms with E-state index in [1.54, 1.807) is 6.07 Å². The zero-order chi connectivity index (χ0) is 18.1. The summed E-state index contributed by atoms with van der Waals surface area (Å²) in [6, 6.07) is 5.47. The number of nitrogens with one attached hydrogen (secondary N) is 1. The lowest BCUT2D eigenvalue weighted by atomic mass is 9.94. The van der Waals surface area contributed by atoms with E-state index in [9.17, 15) is 23.1 Å². The maximum Gasteiger partial charge on any atom is 0.416 e. The third kappa shape index (κ3) is 4.35. The van der Waals surface area contributed by atoms with Gasteiger partial charge in [-0.05, 0) is 36.8 Å². The van der Waals surface area contributed by atoms with Gasteiger partial charge in [0.25, 0.3) is 0 Å². The van der Waals surface area contributed by atoms with Gasteiger partial charge in [0.05, 0.1) is 11.2 Å². The molecule has 1 aromatic carbocycles. The highest BCUT2D eigenvalue weighted by atomic mass is 19.4. The van der Waals surface area contributed by atoms with Crippen molar-refractivity contribution in [3.63, 3.8) is 0 Å². The summed E-state index contributed by atoms with van der Waals surface area (Å²) in [5.41, 5.74) is -1.33. The van der Waals surface area contributed by atoms with Crippen molar-refractivity contribution in [2.75, 3.05) is 6.54 Å². The van der Waals surface area contributed by atoms with Crippen molar-refractivity contribution in [3.8, 4) is 0 Å². The van der Waals surface area contributed by atoms with E-state index in [-0.39, 0.29) is 23.9 Å². The third-order valence-electron chi connectivity index (χ3n) is 5.42. The van der Waals surface area contributed by atoms with Gasteiger partial charge in [-0.3, -0.25) is 4.79 Å². The molecule has 6 heteroatoms. The quantitative estimate of drug-likeness (QED) is 0.802. The second-order valence-electron chi connectivity index (χ2n) is 7.39. The number of hydrogen-bond donors (Lipinski definition) is 2. The van der Waals surface area contributed by atoms with Crippen LogP contribution in [0.5, 0.6) is 0 Å². The van der Waals surface area contributed by atoms with Gasteiger partial charge in [0.1, 0.15) is 0 Å². The SMILES string of the molecule is O=C(NCC1(O)CCCCCC1)[C@H]1C[C@H]1c1ccccc1C(F)(F)F. The Morgan fingerprint density at radius 3 is 2.44 bits per heavy atom. The van der Waals surface area contributed by atoms with Crippen LogP contribution in [0.25, 0.3) is 0 Å². The van der Waals surface area contributed by atoms with Crippen LogP contribution in [0.4, 0.5) is 13.2 Å². The van der Waals surface area contributed by atoms with Crippen molar-refractivity contribution in [2.45, 2.75) is 62.6 Å². The molecule has 0 aromatic heterocycles. The van der Waals surface area contributed by atoms with E-state index in [1.807, 2.05) is 0 Å². The molecule has 138 valence electrons. The fourth-order valence-corrected chi connectivity index (χ4v) is 3.85. The van der Waals surface area contributed by atoms with Gasteiger partial charge in [-0.2, -0.15) is 13.2 Å². The predicted molar refractivity (Wildman–Crippen MR) is 88.0 cm³/mol. The maximum absolute atomic E-state index is 13.1. The van der Waals surface area contributed by atoms with Crippen molar-refractivity contribution >= 4 is 5.91 Å². The van der Waals surface area contributed by atoms with E-state index in [4.69, 9.17) is 0 Å². The van der Waals surface area contributed by atoms with Gasteiger partial charge < -0.3 is 10.4 Å². The molecule has 25 heavy (non-hydrogen) atoms. The zero-order valence-electron chi connectivity index (χ0n) is 14.1. The Balaban J connectivity index is 1.60. The van der Waals surface area contributed by atoms with E-state index in [0.29, 0.717) is 19.3 Å². The first-order valence-corrected chi connectivity index (χ1v) is 8.96. The average molecular weight is 355 g/mol. The first-order valence-electron chi connectivity index (χ1n) is 8.96. The van der Waals surface area contributed by atoms with Crippen molar-refractivity contribution in [1.82, 2.24) is 5.32 Å². The molecule has 2 atom stereocenters. The van der Waals surface area contributed by atoms with Crippen LogP contribution < -0.4 is 5.32 Å². The van der Waals surface area contributed by atoms with Crippen molar-refractivity contribution in [3.05, 3.63) is 35.4 Å². The number of carbonyl (C=O) groups is 1. The number of hydrogen-bond acceptors (Lipinski definition) is 2. The molecule has 0 bridgehead atoms. The summed E-state index contributed by atoms with van der Waals surface area (Å²) in [6.07, 6.45) is 1.42. The number of halogens is 3. The second-order valence-corrected chi connectivity index (χ2v) is 7.39. The lowest BCUT2D eigenvalue weighted by Gasteiger charge is -2.26. The molecule has 3 rings (SSSR count). The standard InChI is InChI=1S/C19H24F3NO2/c20-19(21,22)16-8-4-3-7-13(16)14-11-15(14)17(24)23-12-18(25)9-5-1-2-6-10-18/h3-4,7-8,14-15,25H,1-2,5-6,9-12H2,(H,23,24)/t14-,15-/m0/s1. The molecule has 0 saturated heterocycles. The summed E-state index contributed by atoms with van der Waals surface area (Å²) >= 11 is 0. The highest BCUT2D eigenvalue weighted by molar-refractivity contribution is 5.83. The zero-order valence-corrected chi connectivity index (χ0v) is 14.1. The molecular weight excluding hydrogens is 331 g/mol. The van der Waals surface area contributed by atoms with Crippen LogP contribution in [-0.4, -0.2) is 23.2 Å². The Morgan fingerprint density at radius 1 is 1.16 bits per heavy atom. The molecule has 1 amide bonds. The van der Waals surface area contributed by atoms with Gasteiger partial charge in [-0.1, -0.05) is 43.9 Å². The van der Waals surface area contributed by atoms with Crippen LogP contribution in [0.1, 0.15) is 62.0 Å². The normalized spacial score (nSPS) is 25.9. The number of amides is 1. The Kier molecular flexibility index (Phi) is 5.09. The largest absolute Gasteiger partial charge is 0.416 e. The average Bonchev–Trinajstić information content (AvgIpc) is 3.37. The summed E-state index contributed by atoms with van der Waals surface area (Å²) in [5, 5.41) is 13.3. The predicted octanol–water partition coefficient (Wildman–Crippen LogP) is 4.01. The molecule has 0 unspecified atom stereocenters. The Morgan fingerprint density at radius 2 is 1.80 bits per heavy atom. The van der Waals surface area contributed by atoms with Crippen LogP contribution in [-0.2, 0) is 11.0 Å². The maximum atomic E-state index is 13.1. The van der Waals surface area contributed by atoms with Gasteiger partial charge in [0, 0.05) is 12.5 Å². The Bertz CT molecular complexity index is 621. The molecule has 2 saturated carbocycles. The molecule has 1 aromatic rings. The lowest BCUT2D eigenvalue weighted by molar-refractivity contribution is -0.138. The first-order chi connectivity index (χ1) is 11.8. The minimum Gasteiger partial charge on any atom is -0.388 e. The van der Waals surface area contributed by atoms with Crippen molar-refractivity contribution < 1.29 is 23.1 Å². The number of aliphatic hydroxyl groups is 1. The molecule has 2 aliphatic rings. The highest BCUT2D eigenvalue weighted by Crippen LogP contribution is 2.51. The van der Waals surface area contributed by atoms with Gasteiger partial charge in [0.2, 0.25) is 5.91 Å². The van der Waals surface area contributed by atoms with Gasteiger partial charge in [0.15, 0.2) is 0 Å². The number of carbonyl (C=O) groups excluding carboxylic acids is 1. The Labute approximate surface area is 145 Å². The number of benzene rings is 1. The summed E-state index contributed by atoms with van der Waals surface area (Å²) in [6.45, 7) is 0.190. The van der Waals surface area contributed by atoms with E-state index in [0.717, 1.165) is 31.7 Å². The van der Waals surface area contributed by atoms with Crippen LogP contribution in [0, 0.1) is 5.92 Å². The van der Waals surface area contributed by atoms with Crippen LogP contribution in [0.2, 0.25) is 0 Å².